The molecule has 29 heavy (non-hydrogen) atoms. The van der Waals surface area contributed by atoms with Crippen LogP contribution in [0.2, 0.25) is 0 Å². The molecule has 2 atom stereocenters. The number of imide groups is 2. The molecule has 3 aliphatic rings. The molecule has 0 bridgehead atoms. The number of benzene rings is 2. The van der Waals surface area contributed by atoms with Gasteiger partial charge in [-0.25, -0.2) is 9.69 Å². The smallest absolute Gasteiger partial charge is 0.335 e. The second kappa shape index (κ2) is 6.62. The van der Waals surface area contributed by atoms with Crippen LogP contribution in [0.3, 0.4) is 0 Å². The van der Waals surface area contributed by atoms with E-state index in [-0.39, 0.29) is 6.04 Å². The second-order valence-corrected chi connectivity index (χ2v) is 8.95. The molecule has 2 aromatic rings. The first-order valence-corrected chi connectivity index (χ1v) is 10.9. The largest absolute Gasteiger partial charge is 0.365 e. The van der Waals surface area contributed by atoms with Gasteiger partial charge in [-0.05, 0) is 37.1 Å². The Morgan fingerprint density at radius 1 is 1.07 bits per heavy atom. The van der Waals surface area contributed by atoms with E-state index in [4.69, 9.17) is 0 Å². The van der Waals surface area contributed by atoms with Gasteiger partial charge in [0.2, 0.25) is 5.91 Å². The average Bonchev–Trinajstić information content (AvgIpc) is 2.73. The van der Waals surface area contributed by atoms with E-state index in [0.717, 1.165) is 34.0 Å². The lowest BCUT2D eigenvalue weighted by Crippen LogP contribution is -2.73. The van der Waals surface area contributed by atoms with Crippen molar-refractivity contribution in [2.24, 2.45) is 5.41 Å². The van der Waals surface area contributed by atoms with Gasteiger partial charge in [-0.15, -0.1) is 0 Å². The normalized spacial score (nSPS) is 26.2. The van der Waals surface area contributed by atoms with Crippen molar-refractivity contribution in [3.05, 3.63) is 59.7 Å². The van der Waals surface area contributed by atoms with Gasteiger partial charge in [-0.3, -0.25) is 14.9 Å². The van der Waals surface area contributed by atoms with E-state index in [1.165, 1.54) is 0 Å². The fourth-order valence-electron chi connectivity index (χ4n) is 4.69. The minimum atomic E-state index is -1.32. The van der Waals surface area contributed by atoms with Crippen LogP contribution in [0.1, 0.15) is 11.1 Å². The first-order valence-electron chi connectivity index (χ1n) is 9.71. The number of carbonyl (C=O) groups is 3. The van der Waals surface area contributed by atoms with E-state index < -0.39 is 23.3 Å². The van der Waals surface area contributed by atoms with Crippen LogP contribution >= 0.6 is 11.8 Å². The molecule has 7 heteroatoms. The van der Waals surface area contributed by atoms with Gasteiger partial charge in [0, 0.05) is 23.7 Å². The molecule has 2 fully saturated rings. The molecule has 1 N–H and O–H groups in total. The molecule has 5 rings (SSSR count). The molecule has 3 aliphatic heterocycles. The minimum absolute atomic E-state index is 0.287. The molecule has 2 aromatic carbocycles. The highest BCUT2D eigenvalue weighted by Crippen LogP contribution is 2.47. The number of barbiturate groups is 1. The molecular formula is C22H21N3O3S. The number of thioether (sulfide) groups is 1. The van der Waals surface area contributed by atoms with Crippen molar-refractivity contribution >= 4 is 41.0 Å². The maximum Gasteiger partial charge on any atom is 0.335 e. The summed E-state index contributed by atoms with van der Waals surface area (Å²) in [5, 5.41) is 2.49. The molecule has 1 spiro atoms. The molecular weight excluding hydrogens is 386 g/mol. The van der Waals surface area contributed by atoms with Gasteiger partial charge in [-0.1, -0.05) is 35.9 Å². The number of rotatable bonds is 1. The molecule has 0 unspecified atom stereocenters. The third-order valence-electron chi connectivity index (χ3n) is 6.17. The zero-order valence-electron chi connectivity index (χ0n) is 16.1. The molecule has 148 valence electrons. The van der Waals surface area contributed by atoms with Crippen molar-refractivity contribution in [2.75, 3.05) is 27.9 Å². The lowest BCUT2D eigenvalue weighted by molar-refractivity contribution is -0.144. The second-order valence-electron chi connectivity index (χ2n) is 7.80. The monoisotopic (exact) mass is 407 g/mol. The van der Waals surface area contributed by atoms with Crippen LogP contribution in [-0.4, -0.2) is 41.9 Å². The third-order valence-corrected chi connectivity index (χ3v) is 7.20. The number of para-hydroxylation sites is 1. The number of aryl methyl sites for hydroxylation is 1. The van der Waals surface area contributed by atoms with Gasteiger partial charge in [-0.2, -0.15) is 11.8 Å². The lowest BCUT2D eigenvalue weighted by atomic mass is 9.69. The van der Waals surface area contributed by atoms with Crippen LogP contribution in [0.25, 0.3) is 0 Å². The highest BCUT2D eigenvalue weighted by Gasteiger charge is 2.62. The molecule has 0 aliphatic carbocycles. The molecule has 0 radical (unpaired) electrons. The topological polar surface area (TPSA) is 69.7 Å². The maximum atomic E-state index is 13.9. The van der Waals surface area contributed by atoms with Gasteiger partial charge < -0.3 is 4.90 Å². The van der Waals surface area contributed by atoms with E-state index in [1.807, 2.05) is 37.3 Å². The van der Waals surface area contributed by atoms with Crippen molar-refractivity contribution in [2.45, 2.75) is 19.4 Å². The Morgan fingerprint density at radius 3 is 2.62 bits per heavy atom. The summed E-state index contributed by atoms with van der Waals surface area (Å²) >= 11 is 1.75. The van der Waals surface area contributed by atoms with Crippen molar-refractivity contribution in [1.82, 2.24) is 5.32 Å². The van der Waals surface area contributed by atoms with E-state index >= 15 is 0 Å². The Labute approximate surface area is 173 Å². The Kier molecular flexibility index (Phi) is 4.17. The average molecular weight is 407 g/mol. The Bertz CT molecular complexity index is 1020. The number of carbonyl (C=O) groups excluding carboxylic acids is 3. The number of urea groups is 1. The SMILES string of the molecule is Cc1ccc(N2C(=O)NC(=O)[C@]3(Cc4ccccc4N4CCSC[C@H]43)C2=O)cc1. The zero-order chi connectivity index (χ0) is 20.2. The zero-order valence-corrected chi connectivity index (χ0v) is 16.9. The lowest BCUT2D eigenvalue weighted by Gasteiger charge is -2.53. The Morgan fingerprint density at radius 2 is 1.83 bits per heavy atom. The van der Waals surface area contributed by atoms with Gasteiger partial charge in [0.15, 0.2) is 5.41 Å². The fourth-order valence-corrected chi connectivity index (χ4v) is 5.87. The molecule has 2 saturated heterocycles. The van der Waals surface area contributed by atoms with Crippen molar-refractivity contribution in [1.29, 1.82) is 0 Å². The number of nitrogens with one attached hydrogen (secondary N) is 1. The number of anilines is 2. The van der Waals surface area contributed by atoms with Crippen molar-refractivity contribution < 1.29 is 14.4 Å². The summed E-state index contributed by atoms with van der Waals surface area (Å²) in [5.41, 5.74) is 2.26. The van der Waals surface area contributed by atoms with Crippen LogP contribution in [0.5, 0.6) is 0 Å². The molecule has 3 heterocycles. The van der Waals surface area contributed by atoms with Crippen LogP contribution < -0.4 is 15.1 Å². The number of hydrogen-bond donors (Lipinski definition) is 1. The molecule has 0 aromatic heterocycles. The number of amides is 4. The number of hydrogen-bond acceptors (Lipinski definition) is 5. The fraction of sp³-hybridized carbons (Fsp3) is 0.318. The maximum absolute atomic E-state index is 13.9. The van der Waals surface area contributed by atoms with E-state index in [0.29, 0.717) is 17.9 Å². The predicted octanol–water partition coefficient (Wildman–Crippen LogP) is 2.74. The third kappa shape index (κ3) is 2.60. The summed E-state index contributed by atoms with van der Waals surface area (Å²) in [6, 6.07) is 14.2. The summed E-state index contributed by atoms with van der Waals surface area (Å²) in [7, 11) is 0. The first kappa shape index (κ1) is 18.2. The van der Waals surface area contributed by atoms with E-state index in [2.05, 4.69) is 16.3 Å². The Balaban J connectivity index is 1.66. The van der Waals surface area contributed by atoms with Crippen molar-refractivity contribution in [3.63, 3.8) is 0 Å². The van der Waals surface area contributed by atoms with Gasteiger partial charge in [0.05, 0.1) is 11.7 Å². The van der Waals surface area contributed by atoms with E-state index in [1.54, 1.807) is 23.9 Å². The van der Waals surface area contributed by atoms with Crippen LogP contribution in [0, 0.1) is 12.3 Å². The summed E-state index contributed by atoms with van der Waals surface area (Å²) in [5.74, 6) is 0.700. The number of nitrogens with zero attached hydrogens (tertiary/aromatic N) is 2. The summed E-state index contributed by atoms with van der Waals surface area (Å²) in [6.45, 7) is 2.72. The molecule has 4 amide bonds. The first-order chi connectivity index (χ1) is 14.0. The summed E-state index contributed by atoms with van der Waals surface area (Å²) < 4.78 is 0. The number of fused-ring (bicyclic) bond motifs is 4. The predicted molar refractivity (Wildman–Crippen MR) is 113 cm³/mol. The van der Waals surface area contributed by atoms with Crippen LogP contribution in [0.4, 0.5) is 16.2 Å². The van der Waals surface area contributed by atoms with Gasteiger partial charge in [0.1, 0.15) is 0 Å². The standard InChI is InChI=1S/C22H21N3O3S/c1-14-6-8-16(9-7-14)25-20(27)22(19(26)23-21(25)28)12-15-4-2-3-5-17(15)24-10-11-29-13-18(22)24/h2-9,18H,10-13H2,1H3,(H,23,26,28)/t18-,22+/m0/s1. The van der Waals surface area contributed by atoms with E-state index in [9.17, 15) is 14.4 Å². The Hall–Kier alpha value is -2.80. The highest BCUT2D eigenvalue weighted by atomic mass is 32.2. The van der Waals surface area contributed by atoms with Crippen LogP contribution in [0.15, 0.2) is 48.5 Å². The summed E-state index contributed by atoms with van der Waals surface area (Å²) in [6.07, 6.45) is 0.297. The molecule has 6 nitrogen and oxygen atoms in total. The van der Waals surface area contributed by atoms with Crippen molar-refractivity contribution in [3.8, 4) is 0 Å². The minimum Gasteiger partial charge on any atom is -0.365 e. The quantitative estimate of drug-likeness (QED) is 0.736. The van der Waals surface area contributed by atoms with Gasteiger partial charge in [0.25, 0.3) is 5.91 Å². The van der Waals surface area contributed by atoms with Gasteiger partial charge >= 0.3 is 6.03 Å². The summed E-state index contributed by atoms with van der Waals surface area (Å²) in [4.78, 5) is 43.2. The molecule has 0 saturated carbocycles. The van der Waals surface area contributed by atoms with Crippen LogP contribution in [-0.2, 0) is 16.0 Å². The highest BCUT2D eigenvalue weighted by molar-refractivity contribution is 7.99.